The van der Waals surface area contributed by atoms with Crippen molar-refractivity contribution in [3.05, 3.63) is 0 Å². The summed E-state index contributed by atoms with van der Waals surface area (Å²) in [5, 5.41) is 3.52. The van der Waals surface area contributed by atoms with Crippen LogP contribution in [0, 0.1) is 5.92 Å². The highest BCUT2D eigenvalue weighted by Gasteiger charge is 2.36. The van der Waals surface area contributed by atoms with Crippen molar-refractivity contribution in [2.75, 3.05) is 19.6 Å². The van der Waals surface area contributed by atoms with Crippen LogP contribution in [0.25, 0.3) is 0 Å². The second-order valence-electron chi connectivity index (χ2n) is 7.77. The summed E-state index contributed by atoms with van der Waals surface area (Å²) in [6, 6.07) is 1.45. The van der Waals surface area contributed by atoms with Crippen molar-refractivity contribution in [2.45, 2.75) is 89.5 Å². The summed E-state index contributed by atoms with van der Waals surface area (Å²) >= 11 is 0. The Hall–Kier alpha value is -0.120. The minimum atomic E-state index is 0.449. The lowest BCUT2D eigenvalue weighted by Gasteiger charge is -2.31. The molecule has 0 bridgehead atoms. The Morgan fingerprint density at radius 1 is 1.00 bits per heavy atom. The van der Waals surface area contributed by atoms with Crippen molar-refractivity contribution in [3.63, 3.8) is 0 Å². The molecule has 2 heterocycles. The molecule has 0 spiro atoms. The quantitative estimate of drug-likeness (QED) is 0.814. The lowest BCUT2D eigenvalue weighted by Crippen LogP contribution is -2.40. The average Bonchev–Trinajstić information content (AvgIpc) is 3.18. The van der Waals surface area contributed by atoms with Gasteiger partial charge in [-0.2, -0.15) is 0 Å². The second-order valence-corrected chi connectivity index (χ2v) is 7.77. The Bertz CT molecular complexity index is 314. The zero-order valence-corrected chi connectivity index (χ0v) is 14.0. The molecule has 3 aliphatic rings. The van der Waals surface area contributed by atoms with E-state index < -0.39 is 0 Å². The summed E-state index contributed by atoms with van der Waals surface area (Å²) in [4.78, 5) is 2.78. The summed E-state index contributed by atoms with van der Waals surface area (Å²) in [5.74, 6) is 0.993. The van der Waals surface area contributed by atoms with Crippen LogP contribution in [0.15, 0.2) is 0 Å². The Balaban J connectivity index is 1.43. The SMILES string of the molecule is CC(C)NCC1CCC(CN2CCCC2C2CCCC2)O1. The third kappa shape index (κ3) is 4.20. The molecule has 0 aromatic heterocycles. The fraction of sp³-hybridized carbons (Fsp3) is 1.00. The van der Waals surface area contributed by atoms with Crippen molar-refractivity contribution < 1.29 is 4.74 Å². The van der Waals surface area contributed by atoms with Crippen molar-refractivity contribution in [3.8, 4) is 0 Å². The van der Waals surface area contributed by atoms with Gasteiger partial charge in [-0.15, -0.1) is 0 Å². The predicted octanol–water partition coefficient (Wildman–Crippen LogP) is 3.19. The van der Waals surface area contributed by atoms with Crippen LogP contribution in [0.3, 0.4) is 0 Å². The minimum Gasteiger partial charge on any atom is -0.372 e. The van der Waals surface area contributed by atoms with Crippen LogP contribution in [-0.4, -0.2) is 48.8 Å². The molecule has 3 unspecified atom stereocenters. The summed E-state index contributed by atoms with van der Waals surface area (Å²) in [6.45, 7) is 7.96. The molecule has 0 aromatic carbocycles. The molecule has 3 fully saturated rings. The van der Waals surface area contributed by atoms with Gasteiger partial charge in [-0.3, -0.25) is 4.90 Å². The molecule has 0 aromatic rings. The number of nitrogens with one attached hydrogen (secondary N) is 1. The molecule has 3 heteroatoms. The maximum absolute atomic E-state index is 6.28. The van der Waals surface area contributed by atoms with Crippen LogP contribution >= 0.6 is 0 Å². The van der Waals surface area contributed by atoms with E-state index in [1.54, 1.807) is 0 Å². The Morgan fingerprint density at radius 2 is 1.76 bits per heavy atom. The van der Waals surface area contributed by atoms with Crippen LogP contribution in [0.5, 0.6) is 0 Å². The van der Waals surface area contributed by atoms with Crippen molar-refractivity contribution in [2.24, 2.45) is 5.92 Å². The summed E-state index contributed by atoms with van der Waals surface area (Å²) in [6.07, 6.45) is 12.2. The van der Waals surface area contributed by atoms with Crippen molar-refractivity contribution in [1.82, 2.24) is 10.2 Å². The minimum absolute atomic E-state index is 0.449. The third-order valence-electron chi connectivity index (χ3n) is 5.75. The molecule has 2 saturated heterocycles. The first kappa shape index (κ1) is 15.8. The van der Waals surface area contributed by atoms with Crippen LogP contribution in [-0.2, 0) is 4.74 Å². The second kappa shape index (κ2) is 7.43. The van der Waals surface area contributed by atoms with E-state index in [0.29, 0.717) is 18.2 Å². The molecule has 1 saturated carbocycles. The lowest BCUT2D eigenvalue weighted by atomic mass is 9.96. The summed E-state index contributed by atoms with van der Waals surface area (Å²) in [7, 11) is 0. The first-order valence-electron chi connectivity index (χ1n) is 9.35. The number of rotatable bonds is 6. The Labute approximate surface area is 130 Å². The fourth-order valence-corrected chi connectivity index (χ4v) is 4.65. The van der Waals surface area contributed by atoms with Gasteiger partial charge in [-0.25, -0.2) is 0 Å². The van der Waals surface area contributed by atoms with Gasteiger partial charge in [0.15, 0.2) is 0 Å². The van der Waals surface area contributed by atoms with Crippen molar-refractivity contribution >= 4 is 0 Å². The van der Waals surface area contributed by atoms with Crippen LogP contribution in [0.4, 0.5) is 0 Å². The first-order valence-corrected chi connectivity index (χ1v) is 9.35. The largest absolute Gasteiger partial charge is 0.372 e. The monoisotopic (exact) mass is 294 g/mol. The summed E-state index contributed by atoms with van der Waals surface area (Å²) < 4.78 is 6.28. The van der Waals surface area contributed by atoms with E-state index in [0.717, 1.165) is 18.5 Å². The average molecular weight is 294 g/mol. The molecule has 1 aliphatic carbocycles. The van der Waals surface area contributed by atoms with Gasteiger partial charge in [0.2, 0.25) is 0 Å². The van der Waals surface area contributed by atoms with Crippen LogP contribution in [0.1, 0.15) is 65.2 Å². The zero-order chi connectivity index (χ0) is 14.7. The number of likely N-dealkylation sites (tertiary alicyclic amines) is 1. The Kier molecular flexibility index (Phi) is 5.58. The molecule has 3 atom stereocenters. The first-order chi connectivity index (χ1) is 10.2. The van der Waals surface area contributed by atoms with Gasteiger partial charge in [-0.1, -0.05) is 26.7 Å². The maximum Gasteiger partial charge on any atom is 0.0707 e. The fourth-order valence-electron chi connectivity index (χ4n) is 4.65. The van der Waals surface area contributed by atoms with Gasteiger partial charge >= 0.3 is 0 Å². The number of hydrogen-bond donors (Lipinski definition) is 1. The molecule has 3 rings (SSSR count). The van der Waals surface area contributed by atoms with Crippen molar-refractivity contribution in [1.29, 1.82) is 0 Å². The maximum atomic E-state index is 6.28. The van der Waals surface area contributed by atoms with Gasteiger partial charge < -0.3 is 10.1 Å². The topological polar surface area (TPSA) is 24.5 Å². The predicted molar refractivity (Wildman–Crippen MR) is 87.6 cm³/mol. The van der Waals surface area contributed by atoms with Gasteiger partial charge in [0, 0.05) is 25.2 Å². The van der Waals surface area contributed by atoms with E-state index in [1.165, 1.54) is 64.5 Å². The third-order valence-corrected chi connectivity index (χ3v) is 5.75. The van der Waals surface area contributed by atoms with E-state index in [4.69, 9.17) is 4.74 Å². The summed E-state index contributed by atoms with van der Waals surface area (Å²) in [5.41, 5.74) is 0. The molecule has 2 aliphatic heterocycles. The molecule has 122 valence electrons. The highest BCUT2D eigenvalue weighted by molar-refractivity contribution is 4.89. The number of hydrogen-bond acceptors (Lipinski definition) is 3. The van der Waals surface area contributed by atoms with Gasteiger partial charge in [0.1, 0.15) is 0 Å². The van der Waals surface area contributed by atoms with Crippen LogP contribution in [0.2, 0.25) is 0 Å². The van der Waals surface area contributed by atoms with E-state index in [-0.39, 0.29) is 0 Å². The van der Waals surface area contributed by atoms with Gasteiger partial charge in [-0.05, 0) is 51.0 Å². The van der Waals surface area contributed by atoms with E-state index in [1.807, 2.05) is 0 Å². The van der Waals surface area contributed by atoms with Gasteiger partial charge in [0.05, 0.1) is 12.2 Å². The molecule has 21 heavy (non-hydrogen) atoms. The van der Waals surface area contributed by atoms with E-state index >= 15 is 0 Å². The Morgan fingerprint density at radius 3 is 2.52 bits per heavy atom. The molecule has 3 nitrogen and oxygen atoms in total. The standard InChI is InChI=1S/C18H34N2O/c1-14(2)19-12-16-9-10-17(21-16)13-20-11-5-8-18(20)15-6-3-4-7-15/h14-19H,3-13H2,1-2H3. The van der Waals surface area contributed by atoms with Crippen LogP contribution < -0.4 is 5.32 Å². The molecule has 0 amide bonds. The van der Waals surface area contributed by atoms with Gasteiger partial charge in [0.25, 0.3) is 0 Å². The zero-order valence-electron chi connectivity index (χ0n) is 14.0. The highest BCUT2D eigenvalue weighted by Crippen LogP contribution is 2.36. The number of ether oxygens (including phenoxy) is 1. The highest BCUT2D eigenvalue weighted by atomic mass is 16.5. The molecule has 0 radical (unpaired) electrons. The van der Waals surface area contributed by atoms with E-state index in [9.17, 15) is 0 Å². The lowest BCUT2D eigenvalue weighted by molar-refractivity contribution is 0.0155. The van der Waals surface area contributed by atoms with E-state index in [2.05, 4.69) is 24.1 Å². The molecule has 1 N–H and O–H groups in total. The number of nitrogens with zero attached hydrogens (tertiary/aromatic N) is 1. The molecular weight excluding hydrogens is 260 g/mol. The smallest absolute Gasteiger partial charge is 0.0707 e. The normalized spacial score (nSPS) is 35.3. The molecular formula is C18H34N2O.